The van der Waals surface area contributed by atoms with Gasteiger partial charge in [-0.25, -0.2) is 13.2 Å². The van der Waals surface area contributed by atoms with Gasteiger partial charge in [-0.15, -0.1) is 4.83 Å². The number of hydrogen-bond acceptors (Lipinski definition) is 5. The third kappa shape index (κ3) is 5.93. The van der Waals surface area contributed by atoms with E-state index in [4.69, 9.17) is 21.4 Å². The van der Waals surface area contributed by atoms with Gasteiger partial charge in [-0.2, -0.15) is 0 Å². The number of carbonyl (C=O) groups excluding carboxylic acids is 1. The van der Waals surface area contributed by atoms with Crippen LogP contribution in [0.5, 0.6) is 5.75 Å². The highest BCUT2D eigenvalue weighted by Crippen LogP contribution is 2.27. The van der Waals surface area contributed by atoms with E-state index in [1.54, 1.807) is 6.07 Å². The number of aryl methyl sites for hydroxylation is 1. The van der Waals surface area contributed by atoms with Gasteiger partial charge in [-0.1, -0.05) is 37.6 Å². The lowest BCUT2D eigenvalue weighted by Crippen LogP contribution is -2.43. The summed E-state index contributed by atoms with van der Waals surface area (Å²) in [6.45, 7) is 5.44. The zero-order valence-electron chi connectivity index (χ0n) is 16.0. The Morgan fingerprint density at radius 2 is 1.86 bits per heavy atom. The molecule has 0 saturated carbocycles. The molecule has 0 aromatic heterocycles. The molecule has 0 unspecified atom stereocenters. The van der Waals surface area contributed by atoms with Crippen LogP contribution in [-0.2, 0) is 14.8 Å². The minimum Gasteiger partial charge on any atom is -0.483 e. The van der Waals surface area contributed by atoms with Crippen LogP contribution in [0, 0.1) is 6.92 Å². The number of carboxylic acids is 1. The summed E-state index contributed by atoms with van der Waals surface area (Å²) < 4.78 is 30.2. The van der Waals surface area contributed by atoms with E-state index in [0.29, 0.717) is 5.75 Å². The van der Waals surface area contributed by atoms with Crippen LogP contribution < -0.4 is 15.0 Å². The van der Waals surface area contributed by atoms with Crippen molar-refractivity contribution in [2.75, 3.05) is 6.61 Å². The molecular weight excluding hydrogens is 420 g/mol. The molecule has 8 nitrogen and oxygen atoms in total. The second-order valence-electron chi connectivity index (χ2n) is 6.59. The molecule has 156 valence electrons. The van der Waals surface area contributed by atoms with E-state index in [-0.39, 0.29) is 16.5 Å². The van der Waals surface area contributed by atoms with Crippen molar-refractivity contribution in [2.45, 2.75) is 31.6 Å². The van der Waals surface area contributed by atoms with E-state index in [1.165, 1.54) is 6.07 Å². The molecule has 0 aliphatic heterocycles. The summed E-state index contributed by atoms with van der Waals surface area (Å²) >= 11 is 5.85. The lowest BCUT2D eigenvalue weighted by Gasteiger charge is -2.15. The molecule has 0 saturated heterocycles. The molecule has 29 heavy (non-hydrogen) atoms. The number of hydrazine groups is 1. The van der Waals surface area contributed by atoms with Crippen molar-refractivity contribution in [1.29, 1.82) is 0 Å². The van der Waals surface area contributed by atoms with E-state index in [0.717, 1.165) is 23.3 Å². The van der Waals surface area contributed by atoms with Crippen LogP contribution in [0.15, 0.2) is 41.3 Å². The minimum absolute atomic E-state index is 0.177. The molecule has 0 spiro atoms. The molecule has 0 fully saturated rings. The van der Waals surface area contributed by atoms with Crippen molar-refractivity contribution in [2.24, 2.45) is 0 Å². The number of benzene rings is 2. The van der Waals surface area contributed by atoms with E-state index < -0.39 is 33.4 Å². The number of carboxylic acid groups (broad SMARTS) is 1. The normalized spacial score (nSPS) is 11.3. The van der Waals surface area contributed by atoms with E-state index >= 15 is 0 Å². The van der Waals surface area contributed by atoms with Gasteiger partial charge >= 0.3 is 5.97 Å². The highest BCUT2D eigenvalue weighted by atomic mass is 35.5. The third-order valence-corrected chi connectivity index (χ3v) is 5.67. The number of rotatable bonds is 8. The first-order chi connectivity index (χ1) is 13.5. The quantitative estimate of drug-likeness (QED) is 0.542. The predicted molar refractivity (Wildman–Crippen MR) is 108 cm³/mol. The van der Waals surface area contributed by atoms with Gasteiger partial charge in [-0.05, 0) is 48.2 Å². The Bertz CT molecular complexity index is 1040. The smallest absolute Gasteiger partial charge is 0.335 e. The van der Waals surface area contributed by atoms with Gasteiger partial charge in [0.15, 0.2) is 6.61 Å². The van der Waals surface area contributed by atoms with Gasteiger partial charge in [0.2, 0.25) is 0 Å². The Kier molecular flexibility index (Phi) is 7.23. The summed E-state index contributed by atoms with van der Waals surface area (Å²) in [6, 6.07) is 8.86. The van der Waals surface area contributed by atoms with Crippen molar-refractivity contribution in [3.63, 3.8) is 0 Å². The largest absolute Gasteiger partial charge is 0.483 e. The average molecular weight is 441 g/mol. The van der Waals surface area contributed by atoms with Crippen LogP contribution in [0.25, 0.3) is 0 Å². The van der Waals surface area contributed by atoms with Gasteiger partial charge in [0.05, 0.1) is 10.6 Å². The summed E-state index contributed by atoms with van der Waals surface area (Å²) in [5.74, 6) is -1.34. The van der Waals surface area contributed by atoms with E-state index in [1.807, 2.05) is 43.2 Å². The molecule has 3 N–H and O–H groups in total. The summed E-state index contributed by atoms with van der Waals surface area (Å²) in [7, 11) is -4.29. The van der Waals surface area contributed by atoms with Gasteiger partial charge in [0.1, 0.15) is 10.6 Å². The highest BCUT2D eigenvalue weighted by Gasteiger charge is 2.21. The molecule has 0 heterocycles. The van der Waals surface area contributed by atoms with Gasteiger partial charge < -0.3 is 9.84 Å². The summed E-state index contributed by atoms with van der Waals surface area (Å²) in [5.41, 5.74) is 3.64. The number of hydrogen-bond donors (Lipinski definition) is 3. The second kappa shape index (κ2) is 9.25. The third-order valence-electron chi connectivity index (χ3n) is 3.94. The maximum atomic E-state index is 12.4. The molecule has 2 rings (SSSR count). The van der Waals surface area contributed by atoms with Crippen molar-refractivity contribution in [3.8, 4) is 5.75 Å². The Labute approximate surface area is 173 Å². The Morgan fingerprint density at radius 3 is 2.48 bits per heavy atom. The van der Waals surface area contributed by atoms with Crippen molar-refractivity contribution < 1.29 is 27.9 Å². The molecule has 0 aliphatic carbocycles. The maximum absolute atomic E-state index is 12.4. The summed E-state index contributed by atoms with van der Waals surface area (Å²) in [5, 5.41) is 8.81. The second-order valence-corrected chi connectivity index (χ2v) is 8.65. The van der Waals surface area contributed by atoms with Crippen LogP contribution in [0.2, 0.25) is 5.02 Å². The lowest BCUT2D eigenvalue weighted by molar-refractivity contribution is -0.123. The van der Waals surface area contributed by atoms with E-state index in [2.05, 4.69) is 0 Å². The van der Waals surface area contributed by atoms with Crippen molar-refractivity contribution in [1.82, 2.24) is 10.3 Å². The van der Waals surface area contributed by atoms with Crippen LogP contribution >= 0.6 is 11.6 Å². The van der Waals surface area contributed by atoms with Crippen LogP contribution in [0.3, 0.4) is 0 Å². The van der Waals surface area contributed by atoms with Gasteiger partial charge in [0, 0.05) is 0 Å². The molecule has 0 atom stereocenters. The number of amides is 1. The SMILES string of the molecule is Cc1ccc(C(C)C)c(OCC(=O)NNS(=O)(=O)c2cc(C(=O)O)ccc2Cl)c1. The number of sulfonamides is 1. The zero-order valence-corrected chi connectivity index (χ0v) is 17.6. The first-order valence-electron chi connectivity index (χ1n) is 8.58. The minimum atomic E-state index is -4.29. The Hall–Kier alpha value is -2.62. The van der Waals surface area contributed by atoms with Gasteiger partial charge in [-0.3, -0.25) is 10.2 Å². The molecular formula is C19H21ClN2O6S. The molecule has 2 aromatic carbocycles. The highest BCUT2D eigenvalue weighted by molar-refractivity contribution is 7.89. The Morgan fingerprint density at radius 1 is 1.17 bits per heavy atom. The number of ether oxygens (including phenoxy) is 1. The fourth-order valence-corrected chi connectivity index (χ4v) is 3.83. The summed E-state index contributed by atoms with van der Waals surface area (Å²) in [4.78, 5) is 24.5. The molecule has 0 bridgehead atoms. The van der Waals surface area contributed by atoms with Crippen molar-refractivity contribution in [3.05, 3.63) is 58.1 Å². The topological polar surface area (TPSA) is 122 Å². The number of nitrogens with one attached hydrogen (secondary N) is 2. The molecule has 0 radical (unpaired) electrons. The summed E-state index contributed by atoms with van der Waals surface area (Å²) in [6.07, 6.45) is 0. The fraction of sp³-hybridized carbons (Fsp3) is 0.263. The standard InChI is InChI=1S/C19H21ClN2O6S/c1-11(2)14-6-4-12(3)8-16(14)28-10-18(23)21-22-29(26,27)17-9-13(19(24)25)5-7-15(17)20/h4-9,11,22H,10H2,1-3H3,(H,21,23)(H,24,25). The van der Waals surface area contributed by atoms with Crippen LogP contribution in [0.1, 0.15) is 41.3 Å². The van der Waals surface area contributed by atoms with Gasteiger partial charge in [0.25, 0.3) is 15.9 Å². The first kappa shape index (κ1) is 22.7. The molecule has 1 amide bonds. The molecule has 10 heteroatoms. The van der Waals surface area contributed by atoms with Crippen LogP contribution in [-0.4, -0.2) is 32.0 Å². The molecule has 0 aliphatic rings. The van der Waals surface area contributed by atoms with Crippen LogP contribution in [0.4, 0.5) is 0 Å². The number of halogens is 1. The predicted octanol–water partition coefficient (Wildman–Crippen LogP) is 2.86. The van der Waals surface area contributed by atoms with Crippen molar-refractivity contribution >= 4 is 33.5 Å². The average Bonchev–Trinajstić information content (AvgIpc) is 2.64. The monoisotopic (exact) mass is 440 g/mol. The first-order valence-corrected chi connectivity index (χ1v) is 10.4. The fourth-order valence-electron chi connectivity index (χ4n) is 2.44. The maximum Gasteiger partial charge on any atom is 0.335 e. The lowest BCUT2D eigenvalue weighted by atomic mass is 10.0. The Balaban J connectivity index is 2.05. The number of carbonyl (C=O) groups is 2. The van der Waals surface area contributed by atoms with E-state index in [9.17, 15) is 18.0 Å². The number of aromatic carboxylic acids is 1. The molecule has 2 aromatic rings. The zero-order chi connectivity index (χ0) is 21.8.